The number of aromatic nitrogens is 1. The first-order chi connectivity index (χ1) is 16.2. The number of thiazole rings is 1. The van der Waals surface area contributed by atoms with Crippen molar-refractivity contribution < 1.29 is 13.2 Å². The summed E-state index contributed by atoms with van der Waals surface area (Å²) in [6.45, 7) is 8.81. The molecule has 0 radical (unpaired) electrons. The Morgan fingerprint density at radius 1 is 1.00 bits per heavy atom. The number of nitrogens with one attached hydrogen (secondary N) is 1. The van der Waals surface area contributed by atoms with Crippen molar-refractivity contribution >= 4 is 38.2 Å². The van der Waals surface area contributed by atoms with E-state index in [2.05, 4.69) is 29.0 Å². The van der Waals surface area contributed by atoms with Gasteiger partial charge in [0.05, 0.1) is 5.69 Å². The molecule has 2 aromatic carbocycles. The number of rotatable bonds is 10. The van der Waals surface area contributed by atoms with Gasteiger partial charge in [0.25, 0.3) is 0 Å². The van der Waals surface area contributed by atoms with E-state index in [1.165, 1.54) is 4.90 Å². The second-order valence-corrected chi connectivity index (χ2v) is 10.6. The maximum atomic E-state index is 13.2. The molecule has 10 heteroatoms. The lowest BCUT2D eigenvalue weighted by Crippen LogP contribution is -2.37. The molecule has 0 aliphatic heterocycles. The molecule has 0 atom stereocenters. The first kappa shape index (κ1) is 25.8. The maximum Gasteiger partial charge on any atom is 0.328 e. The Hall–Kier alpha value is -2.79. The highest BCUT2D eigenvalue weighted by Gasteiger charge is 2.24. The number of hydrogen-bond acceptors (Lipinski definition) is 6. The first-order valence-electron chi connectivity index (χ1n) is 11.2. The summed E-state index contributed by atoms with van der Waals surface area (Å²) in [6, 6.07) is 17.2. The summed E-state index contributed by atoms with van der Waals surface area (Å²) in [7, 11) is -3.91. The van der Waals surface area contributed by atoms with Crippen LogP contribution in [0.5, 0.6) is 0 Å². The number of hydrogen-bond donors (Lipinski definition) is 2. The van der Waals surface area contributed by atoms with Gasteiger partial charge in [0, 0.05) is 12.2 Å². The van der Waals surface area contributed by atoms with Gasteiger partial charge in [-0.1, -0.05) is 67.6 Å². The summed E-state index contributed by atoms with van der Waals surface area (Å²) in [5.41, 5.74) is 3.06. The lowest BCUT2D eigenvalue weighted by molar-refractivity contribution is 0.255. The summed E-state index contributed by atoms with van der Waals surface area (Å²) in [5.74, 6) is 0. The van der Waals surface area contributed by atoms with Crippen LogP contribution in [0.2, 0.25) is 0 Å². The minimum absolute atomic E-state index is 0.0312. The smallest absolute Gasteiger partial charge is 0.307 e. The zero-order valence-electron chi connectivity index (χ0n) is 19.7. The highest BCUT2D eigenvalue weighted by molar-refractivity contribution is 7.91. The number of amides is 2. The Kier molecular flexibility index (Phi) is 8.78. The molecule has 0 fully saturated rings. The molecule has 3 N–H and O–H groups in total. The number of benzene rings is 2. The molecule has 0 spiro atoms. The number of primary sulfonamides is 1. The third kappa shape index (κ3) is 6.63. The van der Waals surface area contributed by atoms with Gasteiger partial charge in [-0.3, -0.25) is 4.90 Å². The molecule has 0 saturated carbocycles. The summed E-state index contributed by atoms with van der Waals surface area (Å²) in [5, 5.41) is 8.54. The van der Waals surface area contributed by atoms with Crippen LogP contribution in [0.3, 0.4) is 0 Å². The third-order valence-electron chi connectivity index (χ3n) is 5.47. The van der Waals surface area contributed by atoms with Gasteiger partial charge in [0.15, 0.2) is 9.34 Å². The molecule has 1 heterocycles. The van der Waals surface area contributed by atoms with E-state index in [1.807, 2.05) is 54.6 Å². The molecule has 0 bridgehead atoms. The van der Waals surface area contributed by atoms with Gasteiger partial charge in [-0.05, 0) is 56.2 Å². The lowest BCUT2D eigenvalue weighted by Gasteiger charge is -2.23. The van der Waals surface area contributed by atoms with E-state index < -0.39 is 10.0 Å². The molecule has 8 nitrogen and oxygen atoms in total. The summed E-state index contributed by atoms with van der Waals surface area (Å²) in [6.07, 6.45) is 0.714. The fourth-order valence-electron chi connectivity index (χ4n) is 3.59. The lowest BCUT2D eigenvalue weighted by atomic mass is 10.1. The van der Waals surface area contributed by atoms with Gasteiger partial charge in [-0.15, -0.1) is 0 Å². The molecule has 3 aromatic rings. The van der Waals surface area contributed by atoms with Crippen molar-refractivity contribution in [1.82, 2.24) is 9.88 Å². The van der Waals surface area contributed by atoms with Crippen LogP contribution in [-0.2, 0) is 10.0 Å². The van der Waals surface area contributed by atoms with Crippen molar-refractivity contribution in [3.05, 3.63) is 60.3 Å². The molecule has 0 aliphatic carbocycles. The van der Waals surface area contributed by atoms with E-state index >= 15 is 0 Å². The Labute approximate surface area is 205 Å². The van der Waals surface area contributed by atoms with E-state index in [1.54, 1.807) is 6.92 Å². The van der Waals surface area contributed by atoms with Crippen LogP contribution in [-0.4, -0.2) is 50.5 Å². The number of aryl methyl sites for hydroxylation is 1. The fraction of sp³-hybridized carbons (Fsp3) is 0.333. The average Bonchev–Trinajstić information content (AvgIpc) is 3.22. The van der Waals surface area contributed by atoms with Crippen molar-refractivity contribution in [2.24, 2.45) is 5.14 Å². The van der Waals surface area contributed by atoms with Crippen LogP contribution in [0.1, 0.15) is 26.0 Å². The largest absolute Gasteiger partial charge is 0.328 e. The number of nitrogens with two attached hydrogens (primary N) is 1. The van der Waals surface area contributed by atoms with Crippen LogP contribution in [0.15, 0.2) is 58.8 Å². The van der Waals surface area contributed by atoms with Crippen LogP contribution < -0.4 is 15.4 Å². The Balaban J connectivity index is 1.80. The van der Waals surface area contributed by atoms with Crippen LogP contribution in [0.4, 0.5) is 15.6 Å². The van der Waals surface area contributed by atoms with Crippen molar-refractivity contribution in [3.63, 3.8) is 0 Å². The predicted octanol–water partition coefficient (Wildman–Crippen LogP) is 4.54. The summed E-state index contributed by atoms with van der Waals surface area (Å²) in [4.78, 5) is 21.3. The fourth-order valence-corrected chi connectivity index (χ4v) is 5.56. The minimum Gasteiger partial charge on any atom is -0.307 e. The Morgan fingerprint density at radius 3 is 2.18 bits per heavy atom. The van der Waals surface area contributed by atoms with Crippen LogP contribution >= 0.6 is 11.3 Å². The summed E-state index contributed by atoms with van der Waals surface area (Å²) >= 11 is 0.911. The molecule has 0 aliphatic rings. The first-order valence-corrected chi connectivity index (χ1v) is 13.6. The molecule has 0 saturated heterocycles. The third-order valence-corrected chi connectivity index (χ3v) is 8.21. The normalized spacial score (nSPS) is 11.6. The molecule has 34 heavy (non-hydrogen) atoms. The van der Waals surface area contributed by atoms with E-state index in [-0.39, 0.29) is 15.9 Å². The van der Waals surface area contributed by atoms with E-state index in [4.69, 9.17) is 5.14 Å². The SMILES string of the molecule is CCN(CC)CCCN(C(=O)Nc1ccc(-c2ccccc2)cc1)c1nc(C)c(S(N)(=O)=O)s1. The highest BCUT2D eigenvalue weighted by atomic mass is 32.2. The highest BCUT2D eigenvalue weighted by Crippen LogP contribution is 2.30. The maximum absolute atomic E-state index is 13.2. The predicted molar refractivity (Wildman–Crippen MR) is 139 cm³/mol. The minimum atomic E-state index is -3.91. The number of urea groups is 1. The van der Waals surface area contributed by atoms with Crippen LogP contribution in [0.25, 0.3) is 11.1 Å². The van der Waals surface area contributed by atoms with Gasteiger partial charge in [0.1, 0.15) is 0 Å². The van der Waals surface area contributed by atoms with Crippen LogP contribution in [0, 0.1) is 6.92 Å². The molecule has 1 aromatic heterocycles. The van der Waals surface area contributed by atoms with Gasteiger partial charge in [0.2, 0.25) is 10.0 Å². The van der Waals surface area contributed by atoms with Gasteiger partial charge >= 0.3 is 6.03 Å². The van der Waals surface area contributed by atoms with Crippen molar-refractivity contribution in [3.8, 4) is 11.1 Å². The van der Waals surface area contributed by atoms with E-state index in [0.717, 1.165) is 42.1 Å². The van der Waals surface area contributed by atoms with Crippen molar-refractivity contribution in [1.29, 1.82) is 0 Å². The zero-order chi connectivity index (χ0) is 24.7. The summed E-state index contributed by atoms with van der Waals surface area (Å²) < 4.78 is 23.8. The second-order valence-electron chi connectivity index (χ2n) is 7.82. The molecular weight excluding hydrogens is 470 g/mol. The number of sulfonamides is 1. The van der Waals surface area contributed by atoms with Gasteiger partial charge in [-0.25, -0.2) is 23.3 Å². The molecule has 0 unspecified atom stereocenters. The quantitative estimate of drug-likeness (QED) is 0.424. The Bertz CT molecular complexity index is 1190. The van der Waals surface area contributed by atoms with E-state index in [9.17, 15) is 13.2 Å². The topological polar surface area (TPSA) is 109 Å². The van der Waals surface area contributed by atoms with Crippen molar-refractivity contribution in [2.45, 2.75) is 31.4 Å². The zero-order valence-corrected chi connectivity index (χ0v) is 21.3. The number of anilines is 2. The molecule has 182 valence electrons. The van der Waals surface area contributed by atoms with Crippen molar-refractivity contribution in [2.75, 3.05) is 36.4 Å². The standard InChI is InChI=1S/C24H31N5O3S2/c1-4-28(5-2)16-9-17-29(24-26-18(3)22(33-24)34(25,31)32)23(30)27-21-14-12-20(13-15-21)19-10-7-6-8-11-19/h6-8,10-15H,4-5,9,16-17H2,1-3H3,(H,27,30)(H2,25,31,32). The average molecular weight is 502 g/mol. The Morgan fingerprint density at radius 2 is 1.62 bits per heavy atom. The molecular formula is C24H31N5O3S2. The number of nitrogens with zero attached hydrogens (tertiary/aromatic N) is 3. The van der Waals surface area contributed by atoms with Gasteiger partial charge in [-0.2, -0.15) is 0 Å². The number of carbonyl (C=O) groups is 1. The number of carbonyl (C=O) groups excluding carboxylic acids is 1. The van der Waals surface area contributed by atoms with E-state index in [0.29, 0.717) is 23.8 Å². The second kappa shape index (κ2) is 11.6. The van der Waals surface area contributed by atoms with Gasteiger partial charge < -0.3 is 10.2 Å². The monoisotopic (exact) mass is 501 g/mol. The molecule has 3 rings (SSSR count). The molecule has 2 amide bonds.